The maximum Gasteiger partial charge on any atom is 0.173 e. The number of rotatable bonds is 6. The Kier molecular flexibility index (Phi) is 7.19. The van der Waals surface area contributed by atoms with E-state index in [9.17, 15) is 14.9 Å². The van der Waals surface area contributed by atoms with Gasteiger partial charge in [0.05, 0.1) is 28.3 Å². The van der Waals surface area contributed by atoms with Crippen LogP contribution in [0.5, 0.6) is 0 Å². The van der Waals surface area contributed by atoms with Crippen molar-refractivity contribution in [2.75, 3.05) is 5.75 Å². The molecular weight excluding hydrogens is 484 g/mol. The number of Topliss-reactive ketones (excluding diaryl/α,β-unsaturated/α-hetero) is 2. The molecule has 0 saturated carbocycles. The van der Waals surface area contributed by atoms with E-state index in [0.29, 0.717) is 38.0 Å². The summed E-state index contributed by atoms with van der Waals surface area (Å²) in [6.45, 7) is 3.28. The van der Waals surface area contributed by atoms with Crippen LogP contribution in [0.25, 0.3) is 0 Å². The van der Waals surface area contributed by atoms with Crippen molar-refractivity contribution in [1.82, 2.24) is 5.32 Å². The van der Waals surface area contributed by atoms with Gasteiger partial charge < -0.3 is 5.32 Å². The molecule has 1 aliphatic heterocycles. The first-order valence-corrected chi connectivity index (χ1v) is 11.3. The summed E-state index contributed by atoms with van der Waals surface area (Å²) in [4.78, 5) is 25.0. The Labute approximate surface area is 193 Å². The van der Waals surface area contributed by atoms with E-state index >= 15 is 0 Å². The Hall–Kier alpha value is -2.33. The molecule has 3 rings (SSSR count). The molecule has 0 bridgehead atoms. The quantitative estimate of drug-likeness (QED) is 0.491. The fraction of sp³-hybridized carbons (Fsp3) is 0.174. The molecule has 0 aromatic heterocycles. The number of hydrogen-bond acceptors (Lipinski definition) is 5. The van der Waals surface area contributed by atoms with Gasteiger partial charge in [0.25, 0.3) is 0 Å². The molecule has 1 aliphatic rings. The summed E-state index contributed by atoms with van der Waals surface area (Å²) < 4.78 is 0.898. The van der Waals surface area contributed by atoms with Crippen molar-refractivity contribution in [2.24, 2.45) is 0 Å². The second-order valence-electron chi connectivity index (χ2n) is 6.75. The zero-order valence-corrected chi connectivity index (χ0v) is 19.5. The minimum atomic E-state index is -0.576. The van der Waals surface area contributed by atoms with E-state index in [1.165, 1.54) is 18.7 Å². The Bertz CT molecular complexity index is 1120. The monoisotopic (exact) mass is 500 g/mol. The lowest BCUT2D eigenvalue weighted by molar-refractivity contribution is -0.113. The van der Waals surface area contributed by atoms with Crippen LogP contribution in [-0.4, -0.2) is 17.3 Å². The summed E-state index contributed by atoms with van der Waals surface area (Å²) in [7, 11) is 0. The third-order valence-electron chi connectivity index (χ3n) is 4.76. The summed E-state index contributed by atoms with van der Waals surface area (Å²) >= 11 is 11.0. The van der Waals surface area contributed by atoms with E-state index in [4.69, 9.17) is 11.6 Å². The molecule has 1 N–H and O–H groups in total. The molecule has 0 fully saturated rings. The molecule has 0 spiro atoms. The maximum absolute atomic E-state index is 12.6. The Morgan fingerprint density at radius 1 is 1.20 bits per heavy atom. The molecule has 2 aromatic carbocycles. The number of allylic oxidation sites excluding steroid dienone is 3. The van der Waals surface area contributed by atoms with Gasteiger partial charge in [0.15, 0.2) is 11.6 Å². The highest BCUT2D eigenvalue weighted by Gasteiger charge is 2.34. The van der Waals surface area contributed by atoms with Crippen LogP contribution in [0.3, 0.4) is 0 Å². The summed E-state index contributed by atoms with van der Waals surface area (Å²) in [5, 5.41) is 14.2. The van der Waals surface area contributed by atoms with Gasteiger partial charge in [-0.3, -0.25) is 9.59 Å². The predicted molar refractivity (Wildman–Crippen MR) is 124 cm³/mol. The maximum atomic E-state index is 12.6. The van der Waals surface area contributed by atoms with Crippen LogP contribution in [0.2, 0.25) is 5.02 Å². The Morgan fingerprint density at radius 2 is 1.87 bits per heavy atom. The minimum Gasteiger partial charge on any atom is -0.353 e. The SMILES string of the molecule is CC(=O)C1=C(C)NC(SCC(=O)c2ccc(Br)cc2)=C(C#N)[C@@H]1c1ccccc1Cl. The predicted octanol–water partition coefficient (Wildman–Crippen LogP) is 6.00. The van der Waals surface area contributed by atoms with E-state index in [0.717, 1.165) is 4.47 Å². The van der Waals surface area contributed by atoms with Crippen molar-refractivity contribution >= 4 is 50.9 Å². The average molecular weight is 502 g/mol. The van der Waals surface area contributed by atoms with E-state index in [2.05, 4.69) is 27.3 Å². The van der Waals surface area contributed by atoms with Gasteiger partial charge >= 0.3 is 0 Å². The molecule has 0 radical (unpaired) electrons. The lowest BCUT2D eigenvalue weighted by Crippen LogP contribution is -2.27. The van der Waals surface area contributed by atoms with Gasteiger partial charge in [0, 0.05) is 26.3 Å². The lowest BCUT2D eigenvalue weighted by atomic mass is 9.81. The van der Waals surface area contributed by atoms with Gasteiger partial charge in [0.2, 0.25) is 0 Å². The van der Waals surface area contributed by atoms with Crippen LogP contribution in [0.4, 0.5) is 0 Å². The highest BCUT2D eigenvalue weighted by Crippen LogP contribution is 2.43. The first-order chi connectivity index (χ1) is 14.3. The van der Waals surface area contributed by atoms with Gasteiger partial charge in [0.1, 0.15) is 0 Å². The van der Waals surface area contributed by atoms with Crippen LogP contribution >= 0.6 is 39.3 Å². The largest absolute Gasteiger partial charge is 0.353 e. The van der Waals surface area contributed by atoms with Gasteiger partial charge in [-0.2, -0.15) is 5.26 Å². The number of halogens is 2. The number of carbonyl (C=O) groups is 2. The highest BCUT2D eigenvalue weighted by molar-refractivity contribution is 9.10. The van der Waals surface area contributed by atoms with E-state index in [1.807, 2.05) is 24.3 Å². The molecule has 0 aliphatic carbocycles. The van der Waals surface area contributed by atoms with E-state index in [-0.39, 0.29) is 17.3 Å². The number of nitrogens with zero attached hydrogens (tertiary/aromatic N) is 1. The summed E-state index contributed by atoms with van der Waals surface area (Å²) in [6, 6.07) is 16.6. The molecule has 30 heavy (non-hydrogen) atoms. The number of benzene rings is 2. The number of hydrogen-bond donors (Lipinski definition) is 1. The normalized spacial score (nSPS) is 16.2. The van der Waals surface area contributed by atoms with E-state index in [1.54, 1.807) is 31.2 Å². The molecule has 0 amide bonds. The molecule has 4 nitrogen and oxygen atoms in total. The number of ketones is 2. The average Bonchev–Trinajstić information content (AvgIpc) is 2.72. The standard InChI is InChI=1S/C23H18BrClN2O2S/c1-13-21(14(2)28)22(17-5-3-4-6-19(17)25)18(11-26)23(27-13)30-12-20(29)15-7-9-16(24)10-8-15/h3-10,22,27H,12H2,1-2H3/t22-/m0/s1. The molecule has 2 aromatic rings. The fourth-order valence-corrected chi connectivity index (χ4v) is 4.87. The second-order valence-corrected chi connectivity index (χ2v) is 9.06. The fourth-order valence-electron chi connectivity index (χ4n) is 3.37. The van der Waals surface area contributed by atoms with Gasteiger partial charge in [-0.25, -0.2) is 0 Å². The number of nitriles is 1. The third kappa shape index (κ3) is 4.70. The molecule has 0 unspecified atom stereocenters. The number of carbonyl (C=O) groups excluding carboxylic acids is 2. The lowest BCUT2D eigenvalue weighted by Gasteiger charge is -2.29. The van der Waals surface area contributed by atoms with Crippen LogP contribution < -0.4 is 5.32 Å². The summed E-state index contributed by atoms with van der Waals surface area (Å²) in [5.41, 5.74) is 2.83. The molecule has 1 heterocycles. The van der Waals surface area contributed by atoms with Crippen molar-refractivity contribution in [1.29, 1.82) is 5.26 Å². The van der Waals surface area contributed by atoms with Crippen molar-refractivity contribution < 1.29 is 9.59 Å². The summed E-state index contributed by atoms with van der Waals surface area (Å²) in [6.07, 6.45) is 0. The molecule has 152 valence electrons. The van der Waals surface area contributed by atoms with Gasteiger partial charge in [-0.1, -0.05) is 69.6 Å². The molecular formula is C23H18BrClN2O2S. The number of thioether (sulfide) groups is 1. The van der Waals surface area contributed by atoms with Gasteiger partial charge in [-0.15, -0.1) is 0 Å². The van der Waals surface area contributed by atoms with Crippen molar-refractivity contribution in [2.45, 2.75) is 19.8 Å². The summed E-state index contributed by atoms with van der Waals surface area (Å²) in [5.74, 6) is -0.597. The Balaban J connectivity index is 1.97. The van der Waals surface area contributed by atoms with Crippen LogP contribution in [0.1, 0.15) is 35.7 Å². The first kappa shape index (κ1) is 22.4. The number of dihydropyridines is 1. The van der Waals surface area contributed by atoms with Crippen LogP contribution in [0.15, 0.2) is 74.9 Å². The smallest absolute Gasteiger partial charge is 0.173 e. The third-order valence-corrected chi connectivity index (χ3v) is 6.65. The van der Waals surface area contributed by atoms with Crippen molar-refractivity contribution in [3.05, 3.63) is 91.0 Å². The number of nitrogens with one attached hydrogen (secondary N) is 1. The van der Waals surface area contributed by atoms with Crippen LogP contribution in [0, 0.1) is 11.3 Å². The minimum absolute atomic E-state index is 0.0487. The Morgan fingerprint density at radius 3 is 2.47 bits per heavy atom. The van der Waals surface area contributed by atoms with E-state index < -0.39 is 5.92 Å². The first-order valence-electron chi connectivity index (χ1n) is 9.12. The highest BCUT2D eigenvalue weighted by atomic mass is 79.9. The molecule has 0 saturated heterocycles. The zero-order chi connectivity index (χ0) is 21.8. The van der Waals surface area contributed by atoms with Gasteiger partial charge in [-0.05, 0) is 37.6 Å². The van der Waals surface area contributed by atoms with Crippen molar-refractivity contribution in [3.8, 4) is 6.07 Å². The second kappa shape index (κ2) is 9.65. The topological polar surface area (TPSA) is 70.0 Å². The molecule has 7 heteroatoms. The van der Waals surface area contributed by atoms with Crippen LogP contribution in [-0.2, 0) is 4.79 Å². The zero-order valence-electron chi connectivity index (χ0n) is 16.3. The van der Waals surface area contributed by atoms with Crippen molar-refractivity contribution in [3.63, 3.8) is 0 Å². The molecule has 1 atom stereocenters.